The van der Waals surface area contributed by atoms with Crippen molar-refractivity contribution < 1.29 is 19.4 Å². The van der Waals surface area contributed by atoms with Gasteiger partial charge in [-0.25, -0.2) is 0 Å². The molecule has 0 bridgehead atoms. The molecule has 1 aromatic rings. The number of carbonyl (C=O) groups is 2. The summed E-state index contributed by atoms with van der Waals surface area (Å²) in [5.41, 5.74) is 0.246. The Kier molecular flexibility index (Phi) is 4.34. The van der Waals surface area contributed by atoms with E-state index in [9.17, 15) is 9.59 Å². The van der Waals surface area contributed by atoms with Crippen LogP contribution in [0.25, 0.3) is 0 Å². The van der Waals surface area contributed by atoms with Crippen molar-refractivity contribution in [3.05, 3.63) is 28.8 Å². The summed E-state index contributed by atoms with van der Waals surface area (Å²) < 4.78 is 4.95. The summed E-state index contributed by atoms with van der Waals surface area (Å²) in [4.78, 5) is 23.4. The van der Waals surface area contributed by atoms with Crippen molar-refractivity contribution in [2.24, 2.45) is 0 Å². The highest BCUT2D eigenvalue weighted by Crippen LogP contribution is 2.23. The topological polar surface area (TPSA) is 66.8 Å². The number of likely N-dealkylation sites (N-methyl/N-ethyl adjacent to an activating group) is 1. The van der Waals surface area contributed by atoms with Crippen molar-refractivity contribution >= 4 is 23.5 Å². The first-order valence-electron chi connectivity index (χ1n) is 4.76. The van der Waals surface area contributed by atoms with Crippen LogP contribution in [0.15, 0.2) is 18.2 Å². The fourth-order valence-electron chi connectivity index (χ4n) is 1.28. The van der Waals surface area contributed by atoms with E-state index in [1.165, 1.54) is 26.3 Å². The lowest BCUT2D eigenvalue weighted by Gasteiger charge is -2.15. The highest BCUT2D eigenvalue weighted by atomic mass is 35.5. The number of nitrogens with zero attached hydrogens (tertiary/aromatic N) is 1. The maximum Gasteiger partial charge on any atom is 0.323 e. The summed E-state index contributed by atoms with van der Waals surface area (Å²) in [5.74, 6) is -0.988. The normalized spacial score (nSPS) is 9.82. The van der Waals surface area contributed by atoms with Gasteiger partial charge < -0.3 is 14.7 Å². The van der Waals surface area contributed by atoms with Crippen molar-refractivity contribution in [3.63, 3.8) is 0 Å². The molecular weight excluding hydrogens is 246 g/mol. The molecule has 0 spiro atoms. The Balaban J connectivity index is 2.92. The second-order valence-electron chi connectivity index (χ2n) is 3.40. The molecule has 0 unspecified atom stereocenters. The van der Waals surface area contributed by atoms with Gasteiger partial charge in [0.2, 0.25) is 0 Å². The molecule has 92 valence electrons. The number of hydrogen-bond acceptors (Lipinski definition) is 3. The third-order valence-electron chi connectivity index (χ3n) is 2.13. The smallest absolute Gasteiger partial charge is 0.323 e. The largest absolute Gasteiger partial charge is 0.497 e. The van der Waals surface area contributed by atoms with Gasteiger partial charge in [0.1, 0.15) is 12.3 Å². The molecule has 0 aromatic heterocycles. The molecule has 0 aliphatic rings. The Hall–Kier alpha value is -1.75. The standard InChI is InChI=1S/C11H12ClNO4/c1-13(6-10(14)15)11(16)8-4-3-7(17-2)5-9(8)12/h3-5H,6H2,1-2H3,(H,14,15). The Morgan fingerprint density at radius 1 is 1.47 bits per heavy atom. The second kappa shape index (κ2) is 5.54. The molecule has 0 atom stereocenters. The number of methoxy groups -OCH3 is 1. The van der Waals surface area contributed by atoms with Gasteiger partial charge in [-0.15, -0.1) is 0 Å². The highest BCUT2D eigenvalue weighted by Gasteiger charge is 2.17. The van der Waals surface area contributed by atoms with Crippen molar-refractivity contribution in [1.82, 2.24) is 4.90 Å². The summed E-state index contributed by atoms with van der Waals surface area (Å²) >= 11 is 5.91. The fraction of sp³-hybridized carbons (Fsp3) is 0.273. The minimum Gasteiger partial charge on any atom is -0.497 e. The summed E-state index contributed by atoms with van der Waals surface area (Å²) in [6.45, 7) is -0.374. The SMILES string of the molecule is COc1ccc(C(=O)N(C)CC(=O)O)c(Cl)c1. The molecule has 17 heavy (non-hydrogen) atoms. The predicted molar refractivity (Wildman–Crippen MR) is 62.6 cm³/mol. The van der Waals surface area contributed by atoms with Gasteiger partial charge in [0, 0.05) is 7.05 Å². The average Bonchev–Trinajstić information content (AvgIpc) is 2.27. The van der Waals surface area contributed by atoms with Crippen molar-refractivity contribution in [2.45, 2.75) is 0 Å². The zero-order valence-electron chi connectivity index (χ0n) is 9.44. The molecule has 1 N–H and O–H groups in total. The molecule has 0 saturated heterocycles. The summed E-state index contributed by atoms with van der Waals surface area (Å²) in [7, 11) is 2.89. The molecule has 1 aromatic carbocycles. The monoisotopic (exact) mass is 257 g/mol. The third-order valence-corrected chi connectivity index (χ3v) is 2.44. The number of aliphatic carboxylic acids is 1. The molecule has 0 fully saturated rings. The lowest BCUT2D eigenvalue weighted by atomic mass is 10.2. The van der Waals surface area contributed by atoms with Crippen LogP contribution < -0.4 is 4.74 Å². The molecule has 0 aliphatic heterocycles. The highest BCUT2D eigenvalue weighted by molar-refractivity contribution is 6.34. The van der Waals surface area contributed by atoms with Crippen molar-refractivity contribution in [2.75, 3.05) is 20.7 Å². The van der Waals surface area contributed by atoms with Crippen LogP contribution in [0.3, 0.4) is 0 Å². The molecule has 0 aliphatic carbocycles. The number of carboxylic acids is 1. The van der Waals surface area contributed by atoms with Gasteiger partial charge in [-0.3, -0.25) is 9.59 Å². The van der Waals surface area contributed by atoms with E-state index in [-0.39, 0.29) is 17.1 Å². The lowest BCUT2D eigenvalue weighted by Crippen LogP contribution is -2.32. The van der Waals surface area contributed by atoms with Crippen LogP contribution >= 0.6 is 11.6 Å². The van der Waals surface area contributed by atoms with Crippen LogP contribution in [0.1, 0.15) is 10.4 Å². The molecule has 1 amide bonds. The number of rotatable bonds is 4. The zero-order valence-corrected chi connectivity index (χ0v) is 10.2. The molecule has 0 saturated carbocycles. The van der Waals surface area contributed by atoms with Gasteiger partial charge in [-0.05, 0) is 18.2 Å². The Labute approximate surface area is 104 Å². The lowest BCUT2D eigenvalue weighted by molar-refractivity contribution is -0.137. The summed E-state index contributed by atoms with van der Waals surface area (Å²) in [6, 6.07) is 4.60. The van der Waals surface area contributed by atoms with Gasteiger partial charge in [0.05, 0.1) is 17.7 Å². The first kappa shape index (κ1) is 13.3. The minimum atomic E-state index is -1.08. The van der Waals surface area contributed by atoms with Crippen LogP contribution in [0.4, 0.5) is 0 Å². The molecule has 0 heterocycles. The van der Waals surface area contributed by atoms with Gasteiger partial charge in [0.15, 0.2) is 0 Å². The Bertz CT molecular complexity index is 447. The van der Waals surface area contributed by atoms with E-state index >= 15 is 0 Å². The van der Waals surface area contributed by atoms with Crippen LogP contribution in [-0.2, 0) is 4.79 Å². The summed E-state index contributed by atoms with van der Waals surface area (Å²) in [6.07, 6.45) is 0. The van der Waals surface area contributed by atoms with E-state index in [0.717, 1.165) is 4.90 Å². The number of ether oxygens (including phenoxy) is 1. The summed E-state index contributed by atoms with van der Waals surface area (Å²) in [5, 5.41) is 8.81. The molecule has 6 heteroatoms. The first-order valence-corrected chi connectivity index (χ1v) is 5.14. The van der Waals surface area contributed by atoms with E-state index in [0.29, 0.717) is 5.75 Å². The third kappa shape index (κ3) is 3.35. The second-order valence-corrected chi connectivity index (χ2v) is 3.81. The Morgan fingerprint density at radius 3 is 2.59 bits per heavy atom. The number of halogens is 1. The van der Waals surface area contributed by atoms with Crippen LogP contribution in [0, 0.1) is 0 Å². The predicted octanol–water partition coefficient (Wildman–Crippen LogP) is 1.51. The number of carbonyl (C=O) groups excluding carboxylic acids is 1. The van der Waals surface area contributed by atoms with Crippen LogP contribution in [-0.4, -0.2) is 42.6 Å². The molecule has 5 nitrogen and oxygen atoms in total. The van der Waals surface area contributed by atoms with Crippen molar-refractivity contribution in [3.8, 4) is 5.75 Å². The number of carboxylic acid groups (broad SMARTS) is 1. The van der Waals surface area contributed by atoms with E-state index in [1.807, 2.05) is 0 Å². The number of hydrogen-bond donors (Lipinski definition) is 1. The van der Waals surface area contributed by atoms with Gasteiger partial charge in [0.25, 0.3) is 5.91 Å². The zero-order chi connectivity index (χ0) is 13.0. The van der Waals surface area contributed by atoms with Crippen LogP contribution in [0.5, 0.6) is 5.75 Å². The Morgan fingerprint density at radius 2 is 2.12 bits per heavy atom. The van der Waals surface area contributed by atoms with Gasteiger partial charge >= 0.3 is 5.97 Å². The molecule has 0 radical (unpaired) electrons. The minimum absolute atomic E-state index is 0.228. The van der Waals surface area contributed by atoms with E-state index in [2.05, 4.69) is 0 Å². The van der Waals surface area contributed by atoms with E-state index in [1.54, 1.807) is 6.07 Å². The fourth-order valence-corrected chi connectivity index (χ4v) is 1.53. The van der Waals surface area contributed by atoms with Crippen molar-refractivity contribution in [1.29, 1.82) is 0 Å². The molecule has 1 rings (SSSR count). The quantitative estimate of drug-likeness (QED) is 0.888. The number of amides is 1. The average molecular weight is 258 g/mol. The number of benzene rings is 1. The van der Waals surface area contributed by atoms with E-state index < -0.39 is 11.9 Å². The maximum absolute atomic E-state index is 11.8. The maximum atomic E-state index is 11.8. The first-order chi connectivity index (χ1) is 7.95. The van der Waals surface area contributed by atoms with E-state index in [4.69, 9.17) is 21.4 Å². The van der Waals surface area contributed by atoms with Crippen LogP contribution in [0.2, 0.25) is 5.02 Å². The van der Waals surface area contributed by atoms with Gasteiger partial charge in [-0.1, -0.05) is 11.6 Å². The molecular formula is C11H12ClNO4. The van der Waals surface area contributed by atoms with Gasteiger partial charge in [-0.2, -0.15) is 0 Å².